The quantitative estimate of drug-likeness (QED) is 0.819. The maximum Gasteiger partial charge on any atom is 0.268 e. The van der Waals surface area contributed by atoms with Crippen LogP contribution in [0.1, 0.15) is 46.3 Å². The van der Waals surface area contributed by atoms with Gasteiger partial charge in [0.2, 0.25) is 0 Å². The number of carbonyl (C=O) groups is 2. The predicted octanol–water partition coefficient (Wildman–Crippen LogP) is 2.11. The molecular weight excluding hydrogens is 316 g/mol. The van der Waals surface area contributed by atoms with E-state index in [1.165, 1.54) is 31.3 Å². The number of benzene rings is 1. The molecule has 2 N–H and O–H groups in total. The minimum absolute atomic E-state index is 0.121. The molecule has 1 atom stereocenters. The van der Waals surface area contributed by atoms with E-state index in [0.29, 0.717) is 11.3 Å². The first kappa shape index (κ1) is 17.0. The largest absolute Gasteiger partial charge is 0.356 e. The van der Waals surface area contributed by atoms with Crippen LogP contribution in [0.4, 0.5) is 0 Å². The Kier molecular flexibility index (Phi) is 4.70. The van der Waals surface area contributed by atoms with Gasteiger partial charge in [-0.25, -0.2) is 8.42 Å². The van der Waals surface area contributed by atoms with Gasteiger partial charge in [0.05, 0.1) is 10.9 Å². The Balaban J connectivity index is 2.10. The fourth-order valence-corrected chi connectivity index (χ4v) is 2.72. The average Bonchev–Trinajstić information content (AvgIpc) is 2.96. The zero-order valence-corrected chi connectivity index (χ0v) is 13.9. The van der Waals surface area contributed by atoms with Gasteiger partial charge in [0.15, 0.2) is 15.6 Å². The van der Waals surface area contributed by atoms with Gasteiger partial charge in [0, 0.05) is 18.0 Å². The van der Waals surface area contributed by atoms with Crippen LogP contribution >= 0.6 is 0 Å². The first-order valence-corrected chi connectivity index (χ1v) is 8.88. The molecule has 6 nitrogen and oxygen atoms in total. The topological polar surface area (TPSA) is 96.1 Å². The van der Waals surface area contributed by atoms with E-state index in [-0.39, 0.29) is 22.6 Å². The number of hydrogen-bond acceptors (Lipinski definition) is 4. The highest BCUT2D eigenvalue weighted by atomic mass is 32.2. The van der Waals surface area contributed by atoms with E-state index >= 15 is 0 Å². The molecule has 1 aromatic heterocycles. The maximum absolute atomic E-state index is 12.1. The molecule has 7 heteroatoms. The summed E-state index contributed by atoms with van der Waals surface area (Å²) in [7, 11) is -3.24. The number of sulfone groups is 1. The van der Waals surface area contributed by atoms with E-state index in [2.05, 4.69) is 10.3 Å². The summed E-state index contributed by atoms with van der Waals surface area (Å²) in [5.41, 5.74) is 1.53. The van der Waals surface area contributed by atoms with Crippen molar-refractivity contribution >= 4 is 21.5 Å². The number of amides is 1. The summed E-state index contributed by atoms with van der Waals surface area (Å²) in [6.07, 6.45) is 2.63. The zero-order valence-electron chi connectivity index (χ0n) is 13.1. The molecule has 1 heterocycles. The number of nitrogens with one attached hydrogen (secondary N) is 2. The van der Waals surface area contributed by atoms with E-state index in [9.17, 15) is 18.0 Å². The summed E-state index contributed by atoms with van der Waals surface area (Å²) >= 11 is 0. The molecule has 0 aliphatic heterocycles. The molecule has 0 bridgehead atoms. The highest BCUT2D eigenvalue weighted by Crippen LogP contribution is 2.17. The molecule has 0 radical (unpaired) electrons. The molecule has 0 saturated carbocycles. The minimum atomic E-state index is -3.24. The summed E-state index contributed by atoms with van der Waals surface area (Å²) in [6, 6.07) is 7.54. The average molecular weight is 334 g/mol. The molecule has 0 aliphatic rings. The van der Waals surface area contributed by atoms with Crippen LogP contribution in [0, 0.1) is 0 Å². The normalized spacial score (nSPS) is 12.7. The Morgan fingerprint density at radius 1 is 1.17 bits per heavy atom. The van der Waals surface area contributed by atoms with Gasteiger partial charge in [0.25, 0.3) is 5.91 Å². The summed E-state index contributed by atoms with van der Waals surface area (Å²) in [5, 5.41) is 2.79. The van der Waals surface area contributed by atoms with Crippen molar-refractivity contribution in [1.29, 1.82) is 0 Å². The van der Waals surface area contributed by atoms with Crippen LogP contribution in [-0.2, 0) is 9.84 Å². The highest BCUT2D eigenvalue weighted by molar-refractivity contribution is 7.90. The molecule has 1 amide bonds. The lowest BCUT2D eigenvalue weighted by Crippen LogP contribution is -2.26. The highest BCUT2D eigenvalue weighted by Gasteiger charge is 2.15. The Hall–Kier alpha value is -2.41. The van der Waals surface area contributed by atoms with Crippen LogP contribution in [0.25, 0.3) is 0 Å². The van der Waals surface area contributed by atoms with Crippen LogP contribution in [0.3, 0.4) is 0 Å². The predicted molar refractivity (Wildman–Crippen MR) is 86.2 cm³/mol. The summed E-state index contributed by atoms with van der Waals surface area (Å²) in [6.45, 7) is 3.22. The van der Waals surface area contributed by atoms with Crippen molar-refractivity contribution in [3.63, 3.8) is 0 Å². The molecule has 0 fully saturated rings. The number of ketones is 1. The van der Waals surface area contributed by atoms with Gasteiger partial charge in [-0.3, -0.25) is 9.59 Å². The Morgan fingerprint density at radius 2 is 1.78 bits per heavy atom. The number of rotatable bonds is 5. The van der Waals surface area contributed by atoms with Gasteiger partial charge < -0.3 is 10.3 Å². The molecule has 0 unspecified atom stereocenters. The first-order valence-electron chi connectivity index (χ1n) is 6.98. The van der Waals surface area contributed by atoms with Gasteiger partial charge in [-0.2, -0.15) is 0 Å². The van der Waals surface area contributed by atoms with Crippen molar-refractivity contribution in [1.82, 2.24) is 10.3 Å². The van der Waals surface area contributed by atoms with E-state index in [1.807, 2.05) is 0 Å². The Bertz CT molecular complexity index is 835. The molecule has 23 heavy (non-hydrogen) atoms. The second-order valence-corrected chi connectivity index (χ2v) is 7.41. The SMILES string of the molecule is CC(=O)c1c[nH]c(C(=O)N[C@@H](C)c2ccc(S(C)(=O)=O)cc2)c1. The van der Waals surface area contributed by atoms with Crippen LogP contribution in [-0.4, -0.2) is 31.3 Å². The van der Waals surface area contributed by atoms with Crippen molar-refractivity contribution in [3.05, 3.63) is 53.3 Å². The van der Waals surface area contributed by atoms with Crippen LogP contribution < -0.4 is 5.32 Å². The van der Waals surface area contributed by atoms with Crippen LogP contribution in [0.5, 0.6) is 0 Å². The second-order valence-electron chi connectivity index (χ2n) is 5.39. The van der Waals surface area contributed by atoms with Gasteiger partial charge in [0.1, 0.15) is 5.69 Å². The van der Waals surface area contributed by atoms with Crippen molar-refractivity contribution < 1.29 is 18.0 Å². The monoisotopic (exact) mass is 334 g/mol. The third-order valence-corrected chi connectivity index (χ3v) is 4.62. The second kappa shape index (κ2) is 6.37. The molecule has 2 rings (SSSR count). The smallest absolute Gasteiger partial charge is 0.268 e. The molecule has 1 aromatic carbocycles. The lowest BCUT2D eigenvalue weighted by atomic mass is 10.1. The number of aromatic amines is 1. The first-order chi connectivity index (χ1) is 10.7. The maximum atomic E-state index is 12.1. The van der Waals surface area contributed by atoms with E-state index in [4.69, 9.17) is 0 Å². The fraction of sp³-hybridized carbons (Fsp3) is 0.250. The lowest BCUT2D eigenvalue weighted by molar-refractivity contribution is 0.0935. The minimum Gasteiger partial charge on any atom is -0.356 e. The van der Waals surface area contributed by atoms with Crippen molar-refractivity contribution in [3.8, 4) is 0 Å². The van der Waals surface area contributed by atoms with Crippen LogP contribution in [0.15, 0.2) is 41.4 Å². The van der Waals surface area contributed by atoms with Crippen molar-refractivity contribution in [2.45, 2.75) is 24.8 Å². The fourth-order valence-electron chi connectivity index (χ4n) is 2.09. The number of hydrogen-bond donors (Lipinski definition) is 2. The van der Waals surface area contributed by atoms with E-state index in [0.717, 1.165) is 11.8 Å². The van der Waals surface area contributed by atoms with Crippen molar-refractivity contribution in [2.75, 3.05) is 6.26 Å². The van der Waals surface area contributed by atoms with Crippen molar-refractivity contribution in [2.24, 2.45) is 0 Å². The lowest BCUT2D eigenvalue weighted by Gasteiger charge is -2.14. The summed E-state index contributed by atoms with van der Waals surface area (Å²) in [4.78, 5) is 26.4. The molecule has 0 spiro atoms. The Morgan fingerprint density at radius 3 is 2.26 bits per heavy atom. The third kappa shape index (κ3) is 4.07. The third-order valence-electron chi connectivity index (χ3n) is 3.49. The van der Waals surface area contributed by atoms with Crippen LogP contribution in [0.2, 0.25) is 0 Å². The van der Waals surface area contributed by atoms with Gasteiger partial charge in [-0.15, -0.1) is 0 Å². The number of aromatic nitrogens is 1. The van der Waals surface area contributed by atoms with Gasteiger partial charge in [-0.1, -0.05) is 12.1 Å². The van der Waals surface area contributed by atoms with E-state index < -0.39 is 9.84 Å². The molecule has 2 aromatic rings. The Labute approximate surface area is 134 Å². The molecular formula is C16H18N2O4S. The summed E-state index contributed by atoms with van der Waals surface area (Å²) in [5.74, 6) is -0.457. The van der Waals surface area contributed by atoms with E-state index in [1.54, 1.807) is 19.1 Å². The molecule has 0 saturated heterocycles. The van der Waals surface area contributed by atoms with Gasteiger partial charge in [-0.05, 0) is 37.6 Å². The molecule has 122 valence electrons. The summed E-state index contributed by atoms with van der Waals surface area (Å²) < 4.78 is 22.9. The number of Topliss-reactive ketones (excluding diaryl/α,β-unsaturated/α-hetero) is 1. The number of H-pyrrole nitrogens is 1. The van der Waals surface area contributed by atoms with Gasteiger partial charge >= 0.3 is 0 Å². The molecule has 0 aliphatic carbocycles. The number of carbonyl (C=O) groups excluding carboxylic acids is 2. The zero-order chi connectivity index (χ0) is 17.2. The standard InChI is InChI=1S/C16H18N2O4S/c1-10(12-4-6-14(7-5-12)23(3,21)22)18-16(20)15-8-13(9-17-15)11(2)19/h4-10,17H,1-3H3,(H,18,20)/t10-/m0/s1.